The van der Waals surface area contributed by atoms with Crippen molar-refractivity contribution in [2.75, 3.05) is 43.9 Å². The van der Waals surface area contributed by atoms with Crippen LogP contribution in [0.1, 0.15) is 50.4 Å². The zero-order valence-electron chi connectivity index (χ0n) is 25.4. The number of anilines is 2. The van der Waals surface area contributed by atoms with E-state index in [0.29, 0.717) is 56.7 Å². The third-order valence-corrected chi connectivity index (χ3v) is 8.65. The number of carbonyl (C=O) groups excluding carboxylic acids is 3. The van der Waals surface area contributed by atoms with Crippen LogP contribution in [-0.4, -0.2) is 72.0 Å². The quantitative estimate of drug-likeness (QED) is 0.220. The van der Waals surface area contributed by atoms with Crippen LogP contribution in [0.25, 0.3) is 10.4 Å². The highest BCUT2D eigenvalue weighted by atomic mass is 32.1. The summed E-state index contributed by atoms with van der Waals surface area (Å²) < 4.78 is 16.3. The molecule has 1 saturated heterocycles. The summed E-state index contributed by atoms with van der Waals surface area (Å²) in [5.41, 5.74) is 4.29. The smallest absolute Gasteiger partial charge is 0.413 e. The van der Waals surface area contributed by atoms with Crippen molar-refractivity contribution < 1.29 is 28.6 Å². The van der Waals surface area contributed by atoms with Gasteiger partial charge < -0.3 is 29.3 Å². The molecule has 2 aliphatic heterocycles. The van der Waals surface area contributed by atoms with Crippen LogP contribution in [0.2, 0.25) is 0 Å². The molecule has 0 saturated carbocycles. The molecule has 2 aliphatic rings. The molecule has 5 rings (SSSR count). The van der Waals surface area contributed by atoms with Gasteiger partial charge in [-0.3, -0.25) is 14.9 Å². The molecule has 12 heteroatoms. The summed E-state index contributed by atoms with van der Waals surface area (Å²) in [6.07, 6.45) is 5.58. The van der Waals surface area contributed by atoms with Crippen molar-refractivity contribution >= 4 is 40.7 Å². The lowest BCUT2D eigenvalue weighted by molar-refractivity contribution is -0.130. The molecule has 0 atom stereocenters. The zero-order chi connectivity index (χ0) is 31.4. The molecule has 3 aromatic rings. The normalized spacial score (nSPS) is 15.2. The maximum Gasteiger partial charge on any atom is 0.413 e. The average Bonchev–Trinajstić information content (AvgIpc) is 3.76. The van der Waals surface area contributed by atoms with Crippen LogP contribution >= 0.6 is 11.3 Å². The molecule has 238 valence electrons. The van der Waals surface area contributed by atoms with E-state index in [2.05, 4.69) is 20.5 Å². The summed E-state index contributed by atoms with van der Waals surface area (Å²) in [6.45, 7) is 2.79. The van der Waals surface area contributed by atoms with E-state index in [1.165, 1.54) is 23.9 Å². The van der Waals surface area contributed by atoms with E-state index in [4.69, 9.17) is 14.2 Å². The van der Waals surface area contributed by atoms with Gasteiger partial charge in [0.1, 0.15) is 18.6 Å². The maximum absolute atomic E-state index is 12.7. The van der Waals surface area contributed by atoms with Crippen molar-refractivity contribution in [2.24, 2.45) is 0 Å². The number of hydrogen-bond donors (Lipinski definition) is 2. The second-order valence-corrected chi connectivity index (χ2v) is 11.9. The third-order valence-electron chi connectivity index (χ3n) is 7.77. The third kappa shape index (κ3) is 9.53. The summed E-state index contributed by atoms with van der Waals surface area (Å²) in [5, 5.41) is 5.69. The first-order chi connectivity index (χ1) is 21.9. The van der Waals surface area contributed by atoms with Crippen molar-refractivity contribution in [3.05, 3.63) is 78.2 Å². The Labute approximate surface area is 267 Å². The van der Waals surface area contributed by atoms with Crippen molar-refractivity contribution in [3.8, 4) is 10.4 Å². The number of hydrogen-bond acceptors (Lipinski definition) is 9. The van der Waals surface area contributed by atoms with Gasteiger partial charge in [-0.2, -0.15) is 0 Å². The molecular weight excluding hydrogens is 594 g/mol. The number of piperidine rings is 1. The molecule has 2 N–H and O–H groups in total. The highest BCUT2D eigenvalue weighted by Gasteiger charge is 2.24. The number of unbranched alkanes of at least 4 members (excludes halogenated alkanes) is 1. The van der Waals surface area contributed by atoms with Crippen LogP contribution in [0, 0.1) is 0 Å². The number of thiazole rings is 1. The monoisotopic (exact) mass is 633 g/mol. The van der Waals surface area contributed by atoms with E-state index in [1.54, 1.807) is 10.4 Å². The Morgan fingerprint density at radius 1 is 0.978 bits per heavy atom. The van der Waals surface area contributed by atoms with Gasteiger partial charge in [-0.15, -0.1) is 11.3 Å². The minimum absolute atomic E-state index is 0.0586. The molecule has 0 bridgehead atoms. The van der Waals surface area contributed by atoms with Gasteiger partial charge in [0.15, 0.2) is 5.82 Å². The Morgan fingerprint density at radius 3 is 2.44 bits per heavy atom. The van der Waals surface area contributed by atoms with E-state index in [-0.39, 0.29) is 17.9 Å². The average molecular weight is 634 g/mol. The Hall–Kier alpha value is -4.42. The summed E-state index contributed by atoms with van der Waals surface area (Å²) in [5.74, 6) is 0.530. The van der Waals surface area contributed by atoms with Crippen LogP contribution in [0.3, 0.4) is 0 Å². The summed E-state index contributed by atoms with van der Waals surface area (Å²) in [6, 6.07) is 17.2. The lowest BCUT2D eigenvalue weighted by atomic mass is 10.1. The topological polar surface area (TPSA) is 122 Å². The molecule has 3 amide bonds. The largest absolute Gasteiger partial charge is 0.455 e. The molecule has 0 unspecified atom stereocenters. The molecule has 0 aliphatic carbocycles. The minimum atomic E-state index is -0.497. The number of amides is 3. The molecule has 0 spiro atoms. The van der Waals surface area contributed by atoms with E-state index >= 15 is 0 Å². The van der Waals surface area contributed by atoms with Crippen LogP contribution in [-0.2, 0) is 23.8 Å². The van der Waals surface area contributed by atoms with E-state index in [9.17, 15) is 14.4 Å². The number of rotatable bonds is 13. The van der Waals surface area contributed by atoms with Gasteiger partial charge in [-0.1, -0.05) is 30.3 Å². The fourth-order valence-corrected chi connectivity index (χ4v) is 5.96. The number of aromatic nitrogens is 1. The zero-order valence-corrected chi connectivity index (χ0v) is 26.2. The summed E-state index contributed by atoms with van der Waals surface area (Å²) >= 11 is 1.47. The molecule has 2 aromatic carbocycles. The second kappa shape index (κ2) is 16.1. The first-order valence-corrected chi connectivity index (χ1v) is 16.1. The lowest BCUT2D eigenvalue weighted by Gasteiger charge is -2.31. The molecular formula is C33H39N5O6S. The molecule has 45 heavy (non-hydrogen) atoms. The number of carbonyl (C=O) groups is 3. The number of likely N-dealkylation sites (tertiary alicyclic amines) is 1. The van der Waals surface area contributed by atoms with Gasteiger partial charge in [0, 0.05) is 57.3 Å². The number of ether oxygens (including phenoxy) is 3. The number of nitrogens with zero attached hydrogens (tertiary/aromatic N) is 3. The Bertz CT molecular complexity index is 1430. The maximum atomic E-state index is 12.7. The summed E-state index contributed by atoms with van der Waals surface area (Å²) in [7, 11) is 1.81. The first kappa shape index (κ1) is 32.0. The highest BCUT2D eigenvalue weighted by molar-refractivity contribution is 7.13. The SMILES string of the molecule is CN(CCCCC(=O)Nc1ccc(C2OC=CO2)cc1)C(=O)CCN1CCC(OC(=O)Nc2ncsc2-c2ccccc2)CC1. The van der Waals surface area contributed by atoms with E-state index < -0.39 is 12.4 Å². The van der Waals surface area contributed by atoms with Gasteiger partial charge in [0.25, 0.3) is 6.29 Å². The Balaban J connectivity index is 0.917. The van der Waals surface area contributed by atoms with Gasteiger partial charge >= 0.3 is 6.09 Å². The highest BCUT2D eigenvalue weighted by Crippen LogP contribution is 2.31. The Kier molecular flexibility index (Phi) is 11.4. The lowest BCUT2D eigenvalue weighted by Crippen LogP contribution is -2.40. The number of nitrogens with one attached hydrogen (secondary N) is 2. The van der Waals surface area contributed by atoms with Crippen molar-refractivity contribution in [1.82, 2.24) is 14.8 Å². The van der Waals surface area contributed by atoms with Crippen molar-refractivity contribution in [3.63, 3.8) is 0 Å². The van der Waals surface area contributed by atoms with Gasteiger partial charge in [-0.25, -0.2) is 9.78 Å². The van der Waals surface area contributed by atoms with Gasteiger partial charge in [-0.05, 0) is 55.5 Å². The predicted octanol–water partition coefficient (Wildman–Crippen LogP) is 6.00. The van der Waals surface area contributed by atoms with Crippen LogP contribution in [0.4, 0.5) is 16.3 Å². The van der Waals surface area contributed by atoms with Crippen molar-refractivity contribution in [1.29, 1.82) is 0 Å². The molecule has 11 nitrogen and oxygen atoms in total. The second-order valence-electron chi connectivity index (χ2n) is 11.0. The van der Waals surface area contributed by atoms with Gasteiger partial charge in [0.2, 0.25) is 11.8 Å². The standard InChI is InChI=1S/C33H39N5O6S/c1-37(17-6-5-9-28(39)35-26-12-10-25(11-13-26)32-42-21-22-43-32)29(40)16-20-38-18-14-27(15-19-38)44-33(41)36-31-30(45-23-34-31)24-7-3-2-4-8-24/h2-4,7-8,10-13,21-23,27,32H,5-6,9,14-20H2,1H3,(H,35,39)(H,36,41). The predicted molar refractivity (Wildman–Crippen MR) is 172 cm³/mol. The molecule has 0 radical (unpaired) electrons. The fraction of sp³-hybridized carbons (Fsp3) is 0.394. The number of benzene rings is 2. The fourth-order valence-electron chi connectivity index (χ4n) is 5.20. The van der Waals surface area contributed by atoms with E-state index in [0.717, 1.165) is 35.5 Å². The molecule has 1 fully saturated rings. The van der Waals surface area contributed by atoms with Crippen LogP contribution in [0.15, 0.2) is 72.6 Å². The van der Waals surface area contributed by atoms with Crippen LogP contribution < -0.4 is 10.6 Å². The molecule has 1 aromatic heterocycles. The van der Waals surface area contributed by atoms with Crippen molar-refractivity contribution in [2.45, 2.75) is 50.9 Å². The first-order valence-electron chi connectivity index (χ1n) is 15.2. The van der Waals surface area contributed by atoms with Gasteiger partial charge in [0.05, 0.1) is 10.4 Å². The van der Waals surface area contributed by atoms with E-state index in [1.807, 2.05) is 61.6 Å². The minimum Gasteiger partial charge on any atom is -0.455 e. The van der Waals surface area contributed by atoms with Crippen LogP contribution in [0.5, 0.6) is 0 Å². The summed E-state index contributed by atoms with van der Waals surface area (Å²) in [4.78, 5) is 46.7. The Morgan fingerprint density at radius 2 is 1.71 bits per heavy atom. The molecule has 3 heterocycles.